The predicted molar refractivity (Wildman–Crippen MR) is 222 cm³/mol. The summed E-state index contributed by atoms with van der Waals surface area (Å²) in [6, 6.07) is 57.1. The van der Waals surface area contributed by atoms with E-state index in [1.807, 2.05) is 18.2 Å². The standard InChI is InChI=1S/C46H27N5S2/c1-3-14-28(15-4-1)43-48-44(31-19-11-25-37-40(31)30-18-7-10-24-36(30)52-37)50-45(49-43)32-20-12-26-38-41(32)42-33(21-13-27-39(42)53-38)46-47-34-22-8-9-23-35(34)51(46)29-16-5-2-6-17-29/h1-27H. The third-order valence-electron chi connectivity index (χ3n) is 9.89. The predicted octanol–water partition coefficient (Wildman–Crippen LogP) is 12.6. The second-order valence-electron chi connectivity index (χ2n) is 13.0. The average molecular weight is 714 g/mol. The van der Waals surface area contributed by atoms with Crippen molar-refractivity contribution in [1.29, 1.82) is 0 Å². The molecule has 0 aliphatic carbocycles. The Bertz CT molecular complexity index is 3180. The van der Waals surface area contributed by atoms with E-state index in [1.165, 1.54) is 29.6 Å². The zero-order chi connectivity index (χ0) is 34.9. The highest BCUT2D eigenvalue weighted by Gasteiger charge is 2.23. The van der Waals surface area contributed by atoms with Crippen LogP contribution < -0.4 is 0 Å². The van der Waals surface area contributed by atoms with Gasteiger partial charge in [-0.2, -0.15) is 0 Å². The molecular formula is C46H27N5S2. The van der Waals surface area contributed by atoms with Crippen molar-refractivity contribution in [3.63, 3.8) is 0 Å². The summed E-state index contributed by atoms with van der Waals surface area (Å²) in [7, 11) is 0. The molecule has 0 unspecified atom stereocenters. The fourth-order valence-electron chi connectivity index (χ4n) is 7.58. The van der Waals surface area contributed by atoms with E-state index in [9.17, 15) is 0 Å². The van der Waals surface area contributed by atoms with Crippen LogP contribution in [0.15, 0.2) is 164 Å². The van der Waals surface area contributed by atoms with E-state index in [0.29, 0.717) is 17.5 Å². The van der Waals surface area contributed by atoms with Crippen LogP contribution in [0.1, 0.15) is 0 Å². The Balaban J connectivity index is 1.21. The summed E-state index contributed by atoms with van der Waals surface area (Å²) >= 11 is 3.59. The first-order chi connectivity index (χ1) is 26.3. The highest BCUT2D eigenvalue weighted by atomic mass is 32.1. The summed E-state index contributed by atoms with van der Waals surface area (Å²) in [4.78, 5) is 21.0. The summed E-state index contributed by atoms with van der Waals surface area (Å²) < 4.78 is 7.08. The van der Waals surface area contributed by atoms with E-state index in [-0.39, 0.29) is 0 Å². The number of hydrogen-bond donors (Lipinski definition) is 0. The normalized spacial score (nSPS) is 11.8. The Morgan fingerprint density at radius 3 is 1.66 bits per heavy atom. The molecule has 0 aliphatic rings. The Labute approximate surface area is 312 Å². The number of imidazole rings is 1. The van der Waals surface area contributed by atoms with Crippen molar-refractivity contribution in [2.24, 2.45) is 0 Å². The summed E-state index contributed by atoms with van der Waals surface area (Å²) in [6.07, 6.45) is 0. The lowest BCUT2D eigenvalue weighted by Crippen LogP contribution is -2.01. The second kappa shape index (κ2) is 12.0. The molecule has 0 bridgehead atoms. The number of benzene rings is 7. The molecule has 0 fully saturated rings. The number of rotatable bonds is 5. The van der Waals surface area contributed by atoms with Crippen molar-refractivity contribution >= 4 is 74.1 Å². The molecule has 0 spiro atoms. The minimum absolute atomic E-state index is 0.641. The topological polar surface area (TPSA) is 56.5 Å². The van der Waals surface area contributed by atoms with Crippen LogP contribution in [0.25, 0.3) is 103 Å². The fraction of sp³-hybridized carbons (Fsp3) is 0. The van der Waals surface area contributed by atoms with Crippen molar-refractivity contribution in [2.75, 3.05) is 0 Å². The van der Waals surface area contributed by atoms with Gasteiger partial charge in [0, 0.05) is 68.3 Å². The Morgan fingerprint density at radius 2 is 0.906 bits per heavy atom. The average Bonchev–Trinajstić information content (AvgIpc) is 3.93. The quantitative estimate of drug-likeness (QED) is 0.178. The van der Waals surface area contributed by atoms with Gasteiger partial charge in [-0.3, -0.25) is 4.57 Å². The molecule has 0 atom stereocenters. The lowest BCUT2D eigenvalue weighted by molar-refractivity contribution is 1.08. The molecule has 5 nitrogen and oxygen atoms in total. The summed E-state index contributed by atoms with van der Waals surface area (Å²) in [5.41, 5.74) is 7.06. The number of fused-ring (bicyclic) bond motifs is 7. The van der Waals surface area contributed by atoms with Crippen LogP contribution in [0.4, 0.5) is 0 Å². The van der Waals surface area contributed by atoms with Crippen LogP contribution in [0, 0.1) is 0 Å². The lowest BCUT2D eigenvalue weighted by atomic mass is 10.0. The second-order valence-corrected chi connectivity index (χ2v) is 15.2. The number of hydrogen-bond acceptors (Lipinski definition) is 6. The first-order valence-corrected chi connectivity index (χ1v) is 19.1. The highest BCUT2D eigenvalue weighted by molar-refractivity contribution is 7.26. The van der Waals surface area contributed by atoms with E-state index in [2.05, 4.69) is 150 Å². The van der Waals surface area contributed by atoms with Gasteiger partial charge in [0.15, 0.2) is 17.5 Å². The van der Waals surface area contributed by atoms with Gasteiger partial charge in [0.25, 0.3) is 0 Å². The van der Waals surface area contributed by atoms with Crippen LogP contribution >= 0.6 is 22.7 Å². The zero-order valence-electron chi connectivity index (χ0n) is 28.1. The Kier molecular flexibility index (Phi) is 6.83. The fourth-order valence-corrected chi connectivity index (χ4v) is 9.87. The highest BCUT2D eigenvalue weighted by Crippen LogP contribution is 2.45. The van der Waals surface area contributed by atoms with Gasteiger partial charge in [0.05, 0.1) is 11.0 Å². The molecule has 11 rings (SSSR count). The van der Waals surface area contributed by atoms with Crippen LogP contribution in [-0.2, 0) is 0 Å². The smallest absolute Gasteiger partial charge is 0.164 e. The van der Waals surface area contributed by atoms with Gasteiger partial charge in [-0.1, -0.05) is 115 Å². The first-order valence-electron chi connectivity index (χ1n) is 17.5. The van der Waals surface area contributed by atoms with Gasteiger partial charge in [-0.05, 0) is 48.5 Å². The minimum atomic E-state index is 0.641. The monoisotopic (exact) mass is 713 g/mol. The Morgan fingerprint density at radius 1 is 0.377 bits per heavy atom. The molecule has 53 heavy (non-hydrogen) atoms. The van der Waals surface area contributed by atoms with E-state index in [1.54, 1.807) is 22.7 Å². The molecule has 11 aromatic rings. The SMILES string of the molecule is c1ccc(-c2nc(-c3cccc4sc5ccccc5c34)nc(-c3cccc4sc5cccc(-c6nc7ccccc7n6-c6ccccc6)c5c34)n2)cc1. The van der Waals surface area contributed by atoms with E-state index < -0.39 is 0 Å². The van der Waals surface area contributed by atoms with E-state index >= 15 is 0 Å². The summed E-state index contributed by atoms with van der Waals surface area (Å²) in [6.45, 7) is 0. The van der Waals surface area contributed by atoms with Crippen LogP contribution in [-0.4, -0.2) is 24.5 Å². The van der Waals surface area contributed by atoms with Gasteiger partial charge >= 0.3 is 0 Å². The van der Waals surface area contributed by atoms with Crippen LogP contribution in [0.3, 0.4) is 0 Å². The molecule has 0 saturated carbocycles. The molecule has 0 amide bonds. The lowest BCUT2D eigenvalue weighted by Gasteiger charge is -2.12. The zero-order valence-corrected chi connectivity index (χ0v) is 29.8. The minimum Gasteiger partial charge on any atom is -0.292 e. The molecule has 7 heteroatoms. The van der Waals surface area contributed by atoms with Crippen LogP contribution in [0.2, 0.25) is 0 Å². The van der Waals surface area contributed by atoms with Gasteiger partial charge < -0.3 is 0 Å². The molecule has 7 aromatic carbocycles. The van der Waals surface area contributed by atoms with Crippen LogP contribution in [0.5, 0.6) is 0 Å². The van der Waals surface area contributed by atoms with Crippen molar-refractivity contribution in [3.05, 3.63) is 164 Å². The van der Waals surface area contributed by atoms with Crippen molar-refractivity contribution < 1.29 is 0 Å². The van der Waals surface area contributed by atoms with Gasteiger partial charge in [-0.25, -0.2) is 19.9 Å². The number of thiophene rings is 2. The first kappa shape index (κ1) is 30.1. The Hall–Kier alpha value is -6.54. The number of aromatic nitrogens is 5. The molecule has 0 N–H and O–H groups in total. The van der Waals surface area contributed by atoms with E-state index in [4.69, 9.17) is 19.9 Å². The third kappa shape index (κ3) is 4.82. The molecule has 0 aliphatic heterocycles. The molecule has 0 saturated heterocycles. The van der Waals surface area contributed by atoms with E-state index in [0.717, 1.165) is 55.6 Å². The molecule has 248 valence electrons. The van der Waals surface area contributed by atoms with Gasteiger partial charge in [-0.15, -0.1) is 22.7 Å². The molecular weight excluding hydrogens is 687 g/mol. The largest absolute Gasteiger partial charge is 0.292 e. The summed E-state index contributed by atoms with van der Waals surface area (Å²) in [5.74, 6) is 2.84. The maximum absolute atomic E-state index is 5.34. The molecule has 4 aromatic heterocycles. The summed E-state index contributed by atoms with van der Waals surface area (Å²) in [5, 5.41) is 4.64. The van der Waals surface area contributed by atoms with Crippen molar-refractivity contribution in [1.82, 2.24) is 24.5 Å². The van der Waals surface area contributed by atoms with Gasteiger partial charge in [0.1, 0.15) is 5.82 Å². The third-order valence-corrected chi connectivity index (χ3v) is 12.1. The number of nitrogens with zero attached hydrogens (tertiary/aromatic N) is 5. The number of para-hydroxylation sites is 3. The molecule has 4 heterocycles. The van der Waals surface area contributed by atoms with Crippen molar-refractivity contribution in [2.45, 2.75) is 0 Å². The molecule has 0 radical (unpaired) electrons. The maximum Gasteiger partial charge on any atom is 0.164 e. The van der Waals surface area contributed by atoms with Crippen molar-refractivity contribution in [3.8, 4) is 51.2 Å². The van der Waals surface area contributed by atoms with Gasteiger partial charge in [0.2, 0.25) is 0 Å². The maximum atomic E-state index is 5.34.